The molecule has 0 bridgehead atoms. The summed E-state index contributed by atoms with van der Waals surface area (Å²) in [6.07, 6.45) is 6.70. The molecular weight excluding hydrogens is 262 g/mol. The van der Waals surface area contributed by atoms with E-state index in [4.69, 9.17) is 0 Å². The molecule has 3 rings (SSSR count). The van der Waals surface area contributed by atoms with Gasteiger partial charge in [-0.15, -0.1) is 0 Å². The third-order valence-corrected chi connectivity index (χ3v) is 4.40. The van der Waals surface area contributed by atoms with Gasteiger partial charge in [-0.2, -0.15) is 0 Å². The Morgan fingerprint density at radius 3 is 2.43 bits per heavy atom. The molecule has 1 heterocycles. The Kier molecular flexibility index (Phi) is 3.93. The first kappa shape index (κ1) is 14.1. The van der Waals surface area contributed by atoms with Gasteiger partial charge in [-0.05, 0) is 24.5 Å². The van der Waals surface area contributed by atoms with Crippen molar-refractivity contribution in [2.24, 2.45) is 0 Å². The maximum absolute atomic E-state index is 12.0. The van der Waals surface area contributed by atoms with Gasteiger partial charge < -0.3 is 9.67 Å². The summed E-state index contributed by atoms with van der Waals surface area (Å²) in [4.78, 5) is 12.0. The van der Waals surface area contributed by atoms with Gasteiger partial charge in [-0.25, -0.2) is 0 Å². The number of hydrogen-bond donors (Lipinski definition) is 1. The summed E-state index contributed by atoms with van der Waals surface area (Å²) in [5, 5.41) is 10.8. The quantitative estimate of drug-likeness (QED) is 0.940. The van der Waals surface area contributed by atoms with E-state index in [0.717, 1.165) is 36.8 Å². The van der Waals surface area contributed by atoms with Crippen LogP contribution in [-0.2, 0) is 12.1 Å². The topological polar surface area (TPSA) is 42.2 Å². The molecule has 0 amide bonds. The van der Waals surface area contributed by atoms with Crippen LogP contribution in [0.25, 0.3) is 0 Å². The van der Waals surface area contributed by atoms with E-state index in [2.05, 4.69) is 0 Å². The molecule has 0 radical (unpaired) electrons. The van der Waals surface area contributed by atoms with Crippen molar-refractivity contribution in [3.8, 4) is 0 Å². The number of pyridine rings is 1. The molecule has 0 atom stereocenters. The number of aliphatic hydroxyl groups is 1. The van der Waals surface area contributed by atoms with Crippen molar-refractivity contribution in [1.29, 1.82) is 0 Å². The molecule has 0 saturated heterocycles. The van der Waals surface area contributed by atoms with E-state index in [1.165, 1.54) is 6.42 Å². The van der Waals surface area contributed by atoms with E-state index < -0.39 is 5.60 Å². The first-order valence-corrected chi connectivity index (χ1v) is 7.65. The summed E-state index contributed by atoms with van der Waals surface area (Å²) in [6, 6.07) is 13.3. The van der Waals surface area contributed by atoms with E-state index in [1.54, 1.807) is 16.7 Å². The molecule has 0 spiro atoms. The summed E-state index contributed by atoms with van der Waals surface area (Å²) in [5.74, 6) is 0. The first-order valence-electron chi connectivity index (χ1n) is 7.65. The SMILES string of the molecule is O=c1ccc(C2(O)CCCCC2)cn1Cc1ccccc1. The Morgan fingerprint density at radius 2 is 1.71 bits per heavy atom. The monoisotopic (exact) mass is 283 g/mol. The zero-order valence-corrected chi connectivity index (χ0v) is 12.2. The Balaban J connectivity index is 1.91. The molecule has 21 heavy (non-hydrogen) atoms. The van der Waals surface area contributed by atoms with Crippen LogP contribution in [0, 0.1) is 0 Å². The predicted molar refractivity (Wildman–Crippen MR) is 83.2 cm³/mol. The Morgan fingerprint density at radius 1 is 1.00 bits per heavy atom. The minimum Gasteiger partial charge on any atom is -0.385 e. The summed E-state index contributed by atoms with van der Waals surface area (Å²) in [7, 11) is 0. The van der Waals surface area contributed by atoms with Gasteiger partial charge in [-0.1, -0.05) is 49.6 Å². The molecule has 1 N–H and O–H groups in total. The van der Waals surface area contributed by atoms with Gasteiger partial charge in [0, 0.05) is 17.8 Å². The largest absolute Gasteiger partial charge is 0.385 e. The van der Waals surface area contributed by atoms with Crippen LogP contribution >= 0.6 is 0 Å². The highest BCUT2D eigenvalue weighted by Crippen LogP contribution is 2.36. The lowest BCUT2D eigenvalue weighted by atomic mass is 9.80. The van der Waals surface area contributed by atoms with Gasteiger partial charge in [0.15, 0.2) is 0 Å². The number of aromatic nitrogens is 1. The second-order valence-corrected chi connectivity index (χ2v) is 5.96. The molecule has 0 unspecified atom stereocenters. The van der Waals surface area contributed by atoms with Gasteiger partial charge in [-0.3, -0.25) is 4.79 Å². The minimum absolute atomic E-state index is 0.0259. The van der Waals surface area contributed by atoms with Crippen molar-refractivity contribution in [2.75, 3.05) is 0 Å². The van der Waals surface area contributed by atoms with E-state index in [1.807, 2.05) is 36.5 Å². The first-order chi connectivity index (χ1) is 10.2. The maximum atomic E-state index is 12.0. The van der Waals surface area contributed by atoms with Crippen LogP contribution in [0.15, 0.2) is 53.5 Å². The van der Waals surface area contributed by atoms with Crippen molar-refractivity contribution in [3.05, 3.63) is 70.1 Å². The zero-order valence-electron chi connectivity index (χ0n) is 12.2. The summed E-state index contributed by atoms with van der Waals surface area (Å²) in [5.41, 5.74) is 1.18. The van der Waals surface area contributed by atoms with Crippen molar-refractivity contribution >= 4 is 0 Å². The summed E-state index contributed by atoms with van der Waals surface area (Å²) < 4.78 is 1.69. The molecule has 3 heteroatoms. The summed E-state index contributed by atoms with van der Waals surface area (Å²) in [6.45, 7) is 0.545. The standard InChI is InChI=1S/C18H21NO2/c20-17-10-9-16(18(21)11-5-2-6-12-18)14-19(17)13-15-7-3-1-4-8-15/h1,3-4,7-10,14,21H,2,5-6,11-13H2. The molecule has 1 saturated carbocycles. The zero-order chi connectivity index (χ0) is 14.7. The van der Waals surface area contributed by atoms with Crippen molar-refractivity contribution < 1.29 is 5.11 Å². The van der Waals surface area contributed by atoms with Gasteiger partial charge in [0.25, 0.3) is 5.56 Å². The van der Waals surface area contributed by atoms with Crippen LogP contribution < -0.4 is 5.56 Å². The van der Waals surface area contributed by atoms with Gasteiger partial charge in [0.05, 0.1) is 12.1 Å². The average molecular weight is 283 g/mol. The third-order valence-electron chi connectivity index (χ3n) is 4.40. The van der Waals surface area contributed by atoms with E-state index in [9.17, 15) is 9.90 Å². The lowest BCUT2D eigenvalue weighted by Crippen LogP contribution is -2.31. The maximum Gasteiger partial charge on any atom is 0.250 e. The smallest absolute Gasteiger partial charge is 0.250 e. The molecule has 2 aromatic rings. The lowest BCUT2D eigenvalue weighted by Gasteiger charge is -2.32. The van der Waals surface area contributed by atoms with E-state index >= 15 is 0 Å². The fourth-order valence-electron chi connectivity index (χ4n) is 3.14. The van der Waals surface area contributed by atoms with E-state index in [-0.39, 0.29) is 5.56 Å². The molecule has 1 fully saturated rings. The van der Waals surface area contributed by atoms with Gasteiger partial charge >= 0.3 is 0 Å². The van der Waals surface area contributed by atoms with Crippen molar-refractivity contribution in [3.63, 3.8) is 0 Å². The second-order valence-electron chi connectivity index (χ2n) is 5.96. The molecular formula is C18H21NO2. The van der Waals surface area contributed by atoms with Gasteiger partial charge in [0.2, 0.25) is 0 Å². The van der Waals surface area contributed by atoms with Crippen LogP contribution in [-0.4, -0.2) is 9.67 Å². The molecule has 1 aromatic heterocycles. The molecule has 1 aliphatic carbocycles. The second kappa shape index (κ2) is 5.86. The molecule has 1 aliphatic rings. The van der Waals surface area contributed by atoms with Crippen molar-refractivity contribution in [1.82, 2.24) is 4.57 Å². The average Bonchev–Trinajstić information content (AvgIpc) is 2.51. The molecule has 110 valence electrons. The molecule has 0 aliphatic heterocycles. The fourth-order valence-corrected chi connectivity index (χ4v) is 3.14. The number of rotatable bonds is 3. The Hall–Kier alpha value is -1.87. The highest BCUT2D eigenvalue weighted by Gasteiger charge is 2.31. The molecule has 3 nitrogen and oxygen atoms in total. The summed E-state index contributed by atoms with van der Waals surface area (Å²) >= 11 is 0. The van der Waals surface area contributed by atoms with Crippen LogP contribution in [0.2, 0.25) is 0 Å². The fraction of sp³-hybridized carbons (Fsp3) is 0.389. The van der Waals surface area contributed by atoms with Crippen molar-refractivity contribution in [2.45, 2.75) is 44.2 Å². The Bertz CT molecular complexity index is 654. The van der Waals surface area contributed by atoms with Crippen LogP contribution in [0.3, 0.4) is 0 Å². The van der Waals surface area contributed by atoms with Gasteiger partial charge in [0.1, 0.15) is 0 Å². The normalized spacial score (nSPS) is 17.6. The van der Waals surface area contributed by atoms with Crippen LogP contribution in [0.5, 0.6) is 0 Å². The minimum atomic E-state index is -0.760. The Labute approximate surface area is 124 Å². The predicted octanol–water partition coefficient (Wildman–Crippen LogP) is 3.05. The highest BCUT2D eigenvalue weighted by atomic mass is 16.3. The highest BCUT2D eigenvalue weighted by molar-refractivity contribution is 5.21. The van der Waals surface area contributed by atoms with Crippen LogP contribution in [0.4, 0.5) is 0 Å². The third kappa shape index (κ3) is 3.08. The lowest BCUT2D eigenvalue weighted by molar-refractivity contribution is -0.00125. The number of hydrogen-bond acceptors (Lipinski definition) is 2. The van der Waals surface area contributed by atoms with Crippen LogP contribution in [0.1, 0.15) is 43.2 Å². The number of benzene rings is 1. The number of nitrogens with zero attached hydrogens (tertiary/aromatic N) is 1. The van der Waals surface area contributed by atoms with E-state index in [0.29, 0.717) is 6.54 Å². The molecule has 1 aromatic carbocycles.